The quantitative estimate of drug-likeness (QED) is 0.293. The zero-order chi connectivity index (χ0) is 29.4. The van der Waals surface area contributed by atoms with Gasteiger partial charge in [-0.2, -0.15) is 0 Å². The van der Waals surface area contributed by atoms with Crippen LogP contribution in [-0.4, -0.2) is 50.5 Å². The summed E-state index contributed by atoms with van der Waals surface area (Å²) in [5.41, 5.74) is 3.20. The van der Waals surface area contributed by atoms with Gasteiger partial charge in [-0.1, -0.05) is 57.8 Å². The number of ketones is 1. The molecule has 0 amide bonds. The molecule has 40 heavy (non-hydrogen) atoms. The summed E-state index contributed by atoms with van der Waals surface area (Å²) in [5.74, 6) is -0.117. The second kappa shape index (κ2) is 10.1. The lowest BCUT2D eigenvalue weighted by Gasteiger charge is -2.38. The number of halogens is 2. The van der Waals surface area contributed by atoms with Gasteiger partial charge in [0.2, 0.25) is 0 Å². The highest BCUT2D eigenvalue weighted by molar-refractivity contribution is 6.48. The molecule has 1 N–H and O–H groups in total. The van der Waals surface area contributed by atoms with Crippen molar-refractivity contribution in [1.29, 1.82) is 0 Å². The number of nitrogens with one attached hydrogen (secondary N) is 1. The molecule has 1 aromatic heterocycles. The maximum atomic E-state index is 13.7. The van der Waals surface area contributed by atoms with Gasteiger partial charge in [0.15, 0.2) is 20.6 Å². The molecule has 2 heterocycles. The molecule has 1 saturated heterocycles. The van der Waals surface area contributed by atoms with Gasteiger partial charge in [-0.05, 0) is 68.3 Å². The van der Waals surface area contributed by atoms with Crippen LogP contribution >= 0.6 is 23.2 Å². The summed E-state index contributed by atoms with van der Waals surface area (Å²) in [4.78, 5) is 17.2. The van der Waals surface area contributed by atoms with Gasteiger partial charge < -0.3 is 23.6 Å². The van der Waals surface area contributed by atoms with Gasteiger partial charge in [-0.25, -0.2) is 0 Å². The van der Waals surface area contributed by atoms with E-state index in [9.17, 15) is 4.79 Å². The molecule has 0 bridgehead atoms. The van der Waals surface area contributed by atoms with E-state index in [0.717, 1.165) is 22.2 Å². The maximum Gasteiger partial charge on any atom is 0.195 e. The van der Waals surface area contributed by atoms with E-state index >= 15 is 0 Å². The highest BCUT2D eigenvalue weighted by Crippen LogP contribution is 2.46. The lowest BCUT2D eigenvalue weighted by molar-refractivity contribution is -0.160. The second-order valence-electron chi connectivity index (χ2n) is 13.3. The summed E-state index contributed by atoms with van der Waals surface area (Å²) >= 11 is 12.6. The number of carbonyl (C=O) groups is 1. The fraction of sp³-hybridized carbons (Fsp3) is 0.516. The number of rotatable bonds is 6. The van der Waals surface area contributed by atoms with Crippen LogP contribution in [0.4, 0.5) is 0 Å². The molecule has 1 aliphatic carbocycles. The lowest BCUT2D eigenvalue weighted by atomic mass is 9.71. The Hall–Kier alpha value is -1.87. The molecule has 216 valence electrons. The topological polar surface area (TPSA) is 69.8 Å². The summed E-state index contributed by atoms with van der Waals surface area (Å²) in [6.45, 7) is 19.2. The minimum absolute atomic E-state index is 0.0436. The van der Waals surface area contributed by atoms with Crippen molar-refractivity contribution < 1.29 is 23.4 Å². The molecular formula is C31H39Cl2NO5Si. The predicted molar refractivity (Wildman–Crippen MR) is 163 cm³/mol. The fourth-order valence-corrected chi connectivity index (χ4v) is 7.46. The van der Waals surface area contributed by atoms with Crippen LogP contribution in [-0.2, 0) is 19.3 Å². The van der Waals surface area contributed by atoms with E-state index in [1.54, 1.807) is 12.1 Å². The van der Waals surface area contributed by atoms with Gasteiger partial charge in [0.25, 0.3) is 0 Å². The van der Waals surface area contributed by atoms with Crippen LogP contribution in [0.2, 0.25) is 23.1 Å². The monoisotopic (exact) mass is 603 g/mol. The van der Waals surface area contributed by atoms with Crippen LogP contribution in [0.1, 0.15) is 75.6 Å². The highest BCUT2D eigenvalue weighted by Gasteiger charge is 2.49. The van der Waals surface area contributed by atoms with Crippen molar-refractivity contribution >= 4 is 48.9 Å². The average molecular weight is 605 g/mol. The molecule has 5 rings (SSSR count). The third-order valence-corrected chi connectivity index (χ3v) is 9.37. The Kier molecular flexibility index (Phi) is 7.51. The molecule has 1 unspecified atom stereocenters. The molecule has 9 heteroatoms. The van der Waals surface area contributed by atoms with E-state index in [-0.39, 0.29) is 29.5 Å². The molecule has 1 aliphatic heterocycles. The smallest absolute Gasteiger partial charge is 0.195 e. The number of benzene rings is 2. The SMILES string of the molecule is C[SiH](C)O[C@@H]([C@@H]1OC(C)(C)OC1COc1ccc2c(c1)C(C)(C)c1[nH]c3cc(Cl)c(Cl)cc3c1C2=O)C(C)(C)C. The normalized spacial score (nSPS) is 22.4. The summed E-state index contributed by atoms with van der Waals surface area (Å²) < 4.78 is 25.5. The first-order valence-corrected chi connectivity index (χ1v) is 17.4. The number of fused-ring (bicyclic) bond motifs is 4. The fourth-order valence-electron chi connectivity index (χ4n) is 5.99. The van der Waals surface area contributed by atoms with E-state index in [1.165, 1.54) is 0 Å². The zero-order valence-electron chi connectivity index (χ0n) is 24.7. The first kappa shape index (κ1) is 29.6. The number of hydrogen-bond acceptors (Lipinski definition) is 5. The van der Waals surface area contributed by atoms with Gasteiger partial charge in [-0.15, -0.1) is 0 Å². The molecule has 2 aromatic carbocycles. The third kappa shape index (κ3) is 5.25. The number of carbonyl (C=O) groups excluding carboxylic acids is 1. The van der Waals surface area contributed by atoms with Crippen LogP contribution in [0.5, 0.6) is 5.75 Å². The Morgan fingerprint density at radius 3 is 2.38 bits per heavy atom. The Morgan fingerprint density at radius 1 is 1.05 bits per heavy atom. The number of aromatic nitrogens is 1. The number of hydrogen-bond donors (Lipinski definition) is 1. The van der Waals surface area contributed by atoms with E-state index in [1.807, 2.05) is 32.0 Å². The van der Waals surface area contributed by atoms with Gasteiger partial charge in [-0.3, -0.25) is 4.79 Å². The van der Waals surface area contributed by atoms with Crippen LogP contribution in [0, 0.1) is 5.41 Å². The molecule has 0 saturated carbocycles. The molecule has 2 aliphatic rings. The molecular weight excluding hydrogens is 565 g/mol. The number of ether oxygens (including phenoxy) is 3. The Labute approximate surface area is 248 Å². The van der Waals surface area contributed by atoms with Crippen LogP contribution < -0.4 is 4.74 Å². The standard InChI is InChI=1S/C31H39Cl2NO5Si/c1-29(2,3)28(39-40(8)9)26-23(37-31(6,7)38-26)15-36-16-10-11-17-19(12-16)30(4,5)27-24(25(17)35)18-13-20(32)21(33)14-22(18)34-27/h10-14,23,26,28,34,40H,15H2,1-9H3/t23?,26-,28+/m1/s1. The number of H-pyrrole nitrogens is 1. The van der Waals surface area contributed by atoms with Crippen LogP contribution in [0.25, 0.3) is 10.9 Å². The first-order chi connectivity index (χ1) is 18.5. The van der Waals surface area contributed by atoms with Crippen molar-refractivity contribution in [3.63, 3.8) is 0 Å². The van der Waals surface area contributed by atoms with Crippen molar-refractivity contribution in [2.45, 2.75) is 91.1 Å². The lowest BCUT2D eigenvalue weighted by Crippen LogP contribution is -2.48. The zero-order valence-corrected chi connectivity index (χ0v) is 27.4. The molecule has 3 aromatic rings. The third-order valence-electron chi connectivity index (χ3n) is 7.81. The predicted octanol–water partition coefficient (Wildman–Crippen LogP) is 7.66. The van der Waals surface area contributed by atoms with Crippen molar-refractivity contribution in [2.24, 2.45) is 5.41 Å². The van der Waals surface area contributed by atoms with Crippen molar-refractivity contribution in [1.82, 2.24) is 4.98 Å². The van der Waals surface area contributed by atoms with Gasteiger partial charge in [0.1, 0.15) is 24.6 Å². The van der Waals surface area contributed by atoms with Gasteiger partial charge >= 0.3 is 0 Å². The Balaban J connectivity index is 1.44. The van der Waals surface area contributed by atoms with Gasteiger partial charge in [0.05, 0.1) is 21.7 Å². The second-order valence-corrected chi connectivity index (χ2v) is 16.5. The summed E-state index contributed by atoms with van der Waals surface area (Å²) in [6, 6.07) is 9.22. The summed E-state index contributed by atoms with van der Waals surface area (Å²) in [5, 5.41) is 1.65. The van der Waals surface area contributed by atoms with Crippen LogP contribution in [0.3, 0.4) is 0 Å². The maximum absolute atomic E-state index is 13.7. The van der Waals surface area contributed by atoms with Gasteiger partial charge in [0, 0.05) is 27.6 Å². The molecule has 6 nitrogen and oxygen atoms in total. The molecule has 3 atom stereocenters. The first-order valence-electron chi connectivity index (χ1n) is 13.8. The van der Waals surface area contributed by atoms with Crippen LogP contribution in [0.15, 0.2) is 30.3 Å². The summed E-state index contributed by atoms with van der Waals surface area (Å²) in [6.07, 6.45) is -0.711. The average Bonchev–Trinajstić information content (AvgIpc) is 3.36. The molecule has 0 radical (unpaired) electrons. The van der Waals surface area contributed by atoms with Crippen molar-refractivity contribution in [2.75, 3.05) is 6.61 Å². The largest absolute Gasteiger partial charge is 0.491 e. The highest BCUT2D eigenvalue weighted by atomic mass is 35.5. The number of aromatic amines is 1. The van der Waals surface area contributed by atoms with Crippen molar-refractivity contribution in [3.05, 3.63) is 62.8 Å². The van der Waals surface area contributed by atoms with Crippen molar-refractivity contribution in [3.8, 4) is 5.75 Å². The Morgan fingerprint density at radius 2 is 1.73 bits per heavy atom. The minimum atomic E-state index is -1.34. The summed E-state index contributed by atoms with van der Waals surface area (Å²) in [7, 11) is -1.34. The van der Waals surface area contributed by atoms with E-state index in [4.69, 9.17) is 41.8 Å². The van der Waals surface area contributed by atoms with E-state index in [2.05, 4.69) is 52.7 Å². The molecule has 0 spiro atoms. The Bertz CT molecular complexity index is 1470. The minimum Gasteiger partial charge on any atom is -0.491 e. The molecule has 1 fully saturated rings. The van der Waals surface area contributed by atoms with E-state index in [0.29, 0.717) is 33.5 Å². The van der Waals surface area contributed by atoms with E-state index < -0.39 is 20.2 Å².